The first-order chi connectivity index (χ1) is 6.71. The number of nitrogens with zero attached hydrogens (tertiary/aromatic N) is 1. The molecule has 1 atom stereocenters. The second-order valence-corrected chi connectivity index (χ2v) is 15.4. The molecule has 15 heavy (non-hydrogen) atoms. The van der Waals surface area contributed by atoms with Gasteiger partial charge in [-0.1, -0.05) is 39.5 Å². The van der Waals surface area contributed by atoms with Crippen molar-refractivity contribution in [3.8, 4) is 0 Å². The maximum Gasteiger partial charge on any atom is 0.316 e. The van der Waals surface area contributed by atoms with Gasteiger partial charge in [-0.05, 0) is 11.6 Å². The van der Waals surface area contributed by atoms with Crippen LogP contribution in [0.25, 0.3) is 0 Å². The van der Waals surface area contributed by atoms with Crippen LogP contribution in [0.4, 0.5) is 0 Å². The van der Waals surface area contributed by atoms with Gasteiger partial charge >= 0.3 is 5.97 Å². The Morgan fingerprint density at radius 3 is 2.27 bits per heavy atom. The molecule has 1 rings (SSSR count). The van der Waals surface area contributed by atoms with E-state index in [9.17, 15) is 4.79 Å². The number of carboxylic acid groups (broad SMARTS) is 1. The molecule has 0 radical (unpaired) electrons. The van der Waals surface area contributed by atoms with E-state index in [-0.39, 0.29) is 6.54 Å². The molecule has 0 bridgehead atoms. The molecule has 0 saturated carbocycles. The van der Waals surface area contributed by atoms with Crippen molar-refractivity contribution in [1.82, 2.24) is 4.23 Å². The van der Waals surface area contributed by atoms with Gasteiger partial charge in [-0.2, -0.15) is 0 Å². The SMILES string of the molecule is CCC1C[Si](C)(C)N(CC(=O)O)[Si]1(C)C. The van der Waals surface area contributed by atoms with Gasteiger partial charge in [-0.3, -0.25) is 4.79 Å². The standard InChI is InChI=1S/C10H23NO2Si2/c1-6-9-8-14(2,3)11(7-10(12)13)15(9,4)5/h9H,6-8H2,1-5H3,(H,12,13). The van der Waals surface area contributed by atoms with Crippen LogP contribution in [0.1, 0.15) is 13.3 Å². The van der Waals surface area contributed by atoms with Crippen molar-refractivity contribution in [1.29, 1.82) is 0 Å². The van der Waals surface area contributed by atoms with Crippen molar-refractivity contribution in [3.63, 3.8) is 0 Å². The lowest BCUT2D eigenvalue weighted by Gasteiger charge is -2.38. The maximum absolute atomic E-state index is 10.9. The van der Waals surface area contributed by atoms with Crippen LogP contribution in [0, 0.1) is 0 Å². The van der Waals surface area contributed by atoms with E-state index in [1.54, 1.807) is 0 Å². The zero-order chi connectivity index (χ0) is 11.9. The van der Waals surface area contributed by atoms with Gasteiger partial charge in [0, 0.05) is 0 Å². The minimum atomic E-state index is -1.48. The van der Waals surface area contributed by atoms with Crippen LogP contribution in [-0.2, 0) is 4.79 Å². The highest BCUT2D eigenvalue weighted by Crippen LogP contribution is 2.46. The molecule has 0 aromatic carbocycles. The lowest BCUT2D eigenvalue weighted by atomic mass is 10.4. The molecule has 0 aromatic heterocycles. The van der Waals surface area contributed by atoms with Crippen LogP contribution in [-0.4, -0.2) is 38.3 Å². The molecule has 1 heterocycles. The summed E-state index contributed by atoms with van der Waals surface area (Å²) >= 11 is 0. The van der Waals surface area contributed by atoms with Crippen LogP contribution in [0.3, 0.4) is 0 Å². The molecule has 5 heteroatoms. The summed E-state index contributed by atoms with van der Waals surface area (Å²) in [5.41, 5.74) is 0.790. The summed E-state index contributed by atoms with van der Waals surface area (Å²) in [6.45, 7) is 11.8. The van der Waals surface area contributed by atoms with Crippen LogP contribution >= 0.6 is 0 Å². The molecule has 0 amide bonds. The predicted molar refractivity (Wildman–Crippen MR) is 68.2 cm³/mol. The zero-order valence-corrected chi connectivity index (χ0v) is 12.5. The van der Waals surface area contributed by atoms with Gasteiger partial charge in [0.2, 0.25) is 0 Å². The first-order valence-corrected chi connectivity index (χ1v) is 11.9. The second-order valence-electron chi connectivity index (χ2n) is 5.76. The highest BCUT2D eigenvalue weighted by molar-refractivity contribution is 6.96. The number of carbonyl (C=O) groups is 1. The Morgan fingerprint density at radius 2 is 1.93 bits per heavy atom. The smallest absolute Gasteiger partial charge is 0.316 e. The molecule has 1 aliphatic rings. The Morgan fingerprint density at radius 1 is 1.40 bits per heavy atom. The Balaban J connectivity index is 2.95. The zero-order valence-electron chi connectivity index (χ0n) is 10.5. The van der Waals surface area contributed by atoms with Crippen molar-refractivity contribution < 1.29 is 9.90 Å². The normalized spacial score (nSPS) is 29.3. The van der Waals surface area contributed by atoms with E-state index in [0.29, 0.717) is 0 Å². The molecule has 0 aromatic rings. The fourth-order valence-electron chi connectivity index (χ4n) is 3.16. The summed E-state index contributed by atoms with van der Waals surface area (Å²) in [6, 6.07) is 1.29. The lowest BCUT2D eigenvalue weighted by molar-refractivity contribution is -0.136. The summed E-state index contributed by atoms with van der Waals surface area (Å²) < 4.78 is 2.41. The van der Waals surface area contributed by atoms with Crippen molar-refractivity contribution in [2.75, 3.05) is 6.54 Å². The summed E-state index contributed by atoms with van der Waals surface area (Å²) in [5.74, 6) is -0.659. The molecule has 1 fully saturated rings. The number of hydrogen-bond acceptors (Lipinski definition) is 2. The Kier molecular flexibility index (Phi) is 3.47. The summed E-state index contributed by atoms with van der Waals surface area (Å²) in [6.07, 6.45) is 1.21. The van der Waals surface area contributed by atoms with E-state index in [0.717, 1.165) is 5.54 Å². The molecule has 1 saturated heterocycles. The molecule has 88 valence electrons. The van der Waals surface area contributed by atoms with Gasteiger partial charge < -0.3 is 9.34 Å². The third-order valence-corrected chi connectivity index (χ3v) is 15.2. The van der Waals surface area contributed by atoms with Crippen molar-refractivity contribution >= 4 is 22.4 Å². The second kappa shape index (κ2) is 4.03. The van der Waals surface area contributed by atoms with E-state index in [4.69, 9.17) is 5.11 Å². The number of hydrogen-bond donors (Lipinski definition) is 1. The van der Waals surface area contributed by atoms with E-state index in [1.807, 2.05) is 0 Å². The molecule has 1 N–H and O–H groups in total. The number of carboxylic acids is 1. The minimum Gasteiger partial charge on any atom is -0.480 e. The quantitative estimate of drug-likeness (QED) is 0.777. The number of aliphatic carboxylic acids is 1. The minimum absolute atomic E-state index is 0.273. The first kappa shape index (κ1) is 12.9. The van der Waals surface area contributed by atoms with Gasteiger partial charge in [-0.15, -0.1) is 0 Å². The Hall–Kier alpha value is -0.136. The van der Waals surface area contributed by atoms with E-state index >= 15 is 0 Å². The molecule has 3 nitrogen and oxygen atoms in total. The largest absolute Gasteiger partial charge is 0.480 e. The van der Waals surface area contributed by atoms with Crippen LogP contribution in [0.5, 0.6) is 0 Å². The van der Waals surface area contributed by atoms with Crippen LogP contribution < -0.4 is 0 Å². The first-order valence-electron chi connectivity index (χ1n) is 5.71. The van der Waals surface area contributed by atoms with E-state index < -0.39 is 22.4 Å². The van der Waals surface area contributed by atoms with Gasteiger partial charge in [-0.25, -0.2) is 0 Å². The summed E-state index contributed by atoms with van der Waals surface area (Å²) in [4.78, 5) is 10.9. The maximum atomic E-state index is 10.9. The lowest BCUT2D eigenvalue weighted by Crippen LogP contribution is -2.57. The van der Waals surface area contributed by atoms with Gasteiger partial charge in [0.05, 0.1) is 6.54 Å². The number of rotatable bonds is 3. The van der Waals surface area contributed by atoms with Gasteiger partial charge in [0.1, 0.15) is 16.5 Å². The van der Waals surface area contributed by atoms with Crippen molar-refractivity contribution in [2.45, 2.75) is 51.1 Å². The third-order valence-electron chi connectivity index (χ3n) is 3.96. The fourth-order valence-corrected chi connectivity index (χ4v) is 18.0. The Bertz CT molecular complexity index is 266. The highest BCUT2D eigenvalue weighted by Gasteiger charge is 2.53. The molecule has 0 spiro atoms. The van der Waals surface area contributed by atoms with E-state index in [2.05, 4.69) is 37.3 Å². The monoisotopic (exact) mass is 245 g/mol. The summed E-state index contributed by atoms with van der Waals surface area (Å²) in [5, 5.41) is 9.00. The van der Waals surface area contributed by atoms with Crippen molar-refractivity contribution in [2.24, 2.45) is 0 Å². The molecular weight excluding hydrogens is 222 g/mol. The average Bonchev–Trinajstić information content (AvgIpc) is 2.24. The molecule has 1 unspecified atom stereocenters. The van der Waals surface area contributed by atoms with Gasteiger partial charge in [0.15, 0.2) is 0 Å². The summed E-state index contributed by atoms with van der Waals surface area (Å²) in [7, 11) is -2.92. The Labute approximate surface area is 94.7 Å². The topological polar surface area (TPSA) is 40.5 Å². The molecule has 1 aliphatic heterocycles. The predicted octanol–water partition coefficient (Wildman–Crippen LogP) is 2.58. The average molecular weight is 245 g/mol. The van der Waals surface area contributed by atoms with Crippen LogP contribution in [0.2, 0.25) is 37.8 Å². The molecular formula is C10H23NO2Si2. The highest BCUT2D eigenvalue weighted by atomic mass is 28.4. The van der Waals surface area contributed by atoms with Gasteiger partial charge in [0.25, 0.3) is 0 Å². The third kappa shape index (κ3) is 2.34. The molecule has 0 aliphatic carbocycles. The van der Waals surface area contributed by atoms with Crippen molar-refractivity contribution in [3.05, 3.63) is 0 Å². The fraction of sp³-hybridized carbons (Fsp3) is 0.900. The van der Waals surface area contributed by atoms with E-state index in [1.165, 1.54) is 12.5 Å². The van der Waals surface area contributed by atoms with Crippen LogP contribution in [0.15, 0.2) is 0 Å².